The molecule has 2 rings (SSSR count). The van der Waals surface area contributed by atoms with Gasteiger partial charge in [-0.05, 0) is 37.1 Å². The van der Waals surface area contributed by atoms with E-state index in [2.05, 4.69) is 14.7 Å². The lowest BCUT2D eigenvalue weighted by molar-refractivity contribution is 0.600. The topological polar surface area (TPSA) is 98.0 Å². The Labute approximate surface area is 111 Å². The van der Waals surface area contributed by atoms with Crippen molar-refractivity contribution in [3.05, 3.63) is 41.7 Å². The monoisotopic (exact) mass is 278 g/mol. The molecule has 0 bridgehead atoms. The van der Waals surface area contributed by atoms with E-state index in [1.165, 1.54) is 18.5 Å². The lowest BCUT2D eigenvalue weighted by atomic mass is 10.1. The van der Waals surface area contributed by atoms with Gasteiger partial charge in [0.15, 0.2) is 0 Å². The van der Waals surface area contributed by atoms with Gasteiger partial charge in [-0.25, -0.2) is 23.1 Å². The summed E-state index contributed by atoms with van der Waals surface area (Å²) in [6.45, 7) is 3.54. The van der Waals surface area contributed by atoms with Gasteiger partial charge in [-0.2, -0.15) is 0 Å². The maximum atomic E-state index is 12.2. The largest absolute Gasteiger partial charge is 0.398 e. The van der Waals surface area contributed by atoms with E-state index in [-0.39, 0.29) is 10.8 Å². The minimum Gasteiger partial charge on any atom is -0.398 e. The number of nitrogens with two attached hydrogens (primary N) is 1. The molecular formula is C12H14N4O2S. The van der Waals surface area contributed by atoms with Crippen LogP contribution in [0.25, 0.3) is 0 Å². The van der Waals surface area contributed by atoms with Crippen LogP contribution in [-0.2, 0) is 10.0 Å². The van der Waals surface area contributed by atoms with Crippen LogP contribution >= 0.6 is 0 Å². The van der Waals surface area contributed by atoms with Gasteiger partial charge in [0, 0.05) is 18.1 Å². The van der Waals surface area contributed by atoms with Crippen LogP contribution in [0.15, 0.2) is 35.5 Å². The average molecular weight is 278 g/mol. The Morgan fingerprint density at radius 1 is 1.11 bits per heavy atom. The molecule has 7 heteroatoms. The summed E-state index contributed by atoms with van der Waals surface area (Å²) in [6, 6.07) is 4.78. The first-order chi connectivity index (χ1) is 8.90. The number of nitrogens with one attached hydrogen (secondary N) is 1. The summed E-state index contributed by atoms with van der Waals surface area (Å²) < 4.78 is 26.8. The summed E-state index contributed by atoms with van der Waals surface area (Å²) in [5.41, 5.74) is 7.65. The summed E-state index contributed by atoms with van der Waals surface area (Å²) in [7, 11) is -3.74. The Hall–Kier alpha value is -2.15. The fourth-order valence-corrected chi connectivity index (χ4v) is 2.89. The highest BCUT2D eigenvalue weighted by Gasteiger charge is 2.19. The second-order valence-corrected chi connectivity index (χ2v) is 5.80. The van der Waals surface area contributed by atoms with E-state index in [1.807, 2.05) is 6.92 Å². The molecule has 0 amide bonds. The van der Waals surface area contributed by atoms with Gasteiger partial charge in [-0.3, -0.25) is 0 Å². The molecule has 1 heterocycles. The summed E-state index contributed by atoms with van der Waals surface area (Å²) in [5, 5.41) is 0. The van der Waals surface area contributed by atoms with Crippen LogP contribution in [0.4, 0.5) is 11.6 Å². The smallest absolute Gasteiger partial charge is 0.264 e. The SMILES string of the molecule is Cc1cc(C)c(S(=O)(=O)Nc2ncccn2)cc1N. The lowest BCUT2D eigenvalue weighted by Crippen LogP contribution is -2.16. The van der Waals surface area contributed by atoms with Gasteiger partial charge < -0.3 is 5.73 Å². The molecule has 0 unspecified atom stereocenters. The average Bonchev–Trinajstić information content (AvgIpc) is 2.34. The van der Waals surface area contributed by atoms with Crippen LogP contribution in [0.5, 0.6) is 0 Å². The second kappa shape index (κ2) is 4.85. The third kappa shape index (κ3) is 2.82. The molecule has 3 N–H and O–H groups in total. The maximum absolute atomic E-state index is 12.2. The van der Waals surface area contributed by atoms with E-state index in [9.17, 15) is 8.42 Å². The highest BCUT2D eigenvalue weighted by molar-refractivity contribution is 7.92. The predicted molar refractivity (Wildman–Crippen MR) is 73.2 cm³/mol. The van der Waals surface area contributed by atoms with Gasteiger partial charge in [-0.15, -0.1) is 0 Å². The standard InChI is InChI=1S/C12H14N4O2S/c1-8-6-9(2)11(7-10(8)13)19(17,18)16-12-14-4-3-5-15-12/h3-7H,13H2,1-2H3,(H,14,15,16). The molecule has 0 saturated carbocycles. The van der Waals surface area contributed by atoms with Crippen LogP contribution in [0.1, 0.15) is 11.1 Å². The van der Waals surface area contributed by atoms with Crippen molar-refractivity contribution in [2.24, 2.45) is 0 Å². The summed E-state index contributed by atoms with van der Waals surface area (Å²) in [6.07, 6.45) is 2.92. The summed E-state index contributed by atoms with van der Waals surface area (Å²) in [4.78, 5) is 7.78. The Morgan fingerprint density at radius 2 is 1.74 bits per heavy atom. The zero-order chi connectivity index (χ0) is 14.0. The van der Waals surface area contributed by atoms with Gasteiger partial charge >= 0.3 is 0 Å². The van der Waals surface area contributed by atoms with Crippen molar-refractivity contribution >= 4 is 21.7 Å². The number of rotatable bonds is 3. The fourth-order valence-electron chi connectivity index (χ4n) is 1.66. The molecule has 1 aromatic heterocycles. The molecular weight excluding hydrogens is 264 g/mol. The number of benzene rings is 1. The molecule has 0 fully saturated rings. The Kier molecular flexibility index (Phi) is 3.39. The molecule has 0 radical (unpaired) electrons. The summed E-state index contributed by atoms with van der Waals surface area (Å²) >= 11 is 0. The Morgan fingerprint density at radius 3 is 2.37 bits per heavy atom. The van der Waals surface area contributed by atoms with Crippen LogP contribution in [0.3, 0.4) is 0 Å². The van der Waals surface area contributed by atoms with E-state index < -0.39 is 10.0 Å². The van der Waals surface area contributed by atoms with Crippen molar-refractivity contribution in [3.63, 3.8) is 0 Å². The van der Waals surface area contributed by atoms with Crippen molar-refractivity contribution in [3.8, 4) is 0 Å². The molecule has 0 aliphatic heterocycles. The van der Waals surface area contributed by atoms with Crippen molar-refractivity contribution < 1.29 is 8.42 Å². The summed E-state index contributed by atoms with van der Waals surface area (Å²) in [5.74, 6) is 0.0287. The number of nitrogen functional groups attached to an aromatic ring is 1. The zero-order valence-corrected chi connectivity index (χ0v) is 11.4. The van der Waals surface area contributed by atoms with E-state index >= 15 is 0 Å². The minimum absolute atomic E-state index is 0.0287. The van der Waals surface area contributed by atoms with E-state index in [4.69, 9.17) is 5.73 Å². The van der Waals surface area contributed by atoms with Crippen LogP contribution < -0.4 is 10.5 Å². The Bertz CT molecular complexity index is 699. The maximum Gasteiger partial charge on any atom is 0.264 e. The first kappa shape index (κ1) is 13.3. The highest BCUT2D eigenvalue weighted by atomic mass is 32.2. The van der Waals surface area contributed by atoms with Gasteiger partial charge in [0.2, 0.25) is 5.95 Å². The molecule has 0 aliphatic rings. The Balaban J connectivity index is 2.43. The number of nitrogens with zero attached hydrogens (tertiary/aromatic N) is 2. The molecule has 0 aliphatic carbocycles. The number of aromatic nitrogens is 2. The van der Waals surface area contributed by atoms with Gasteiger partial charge in [0.25, 0.3) is 10.0 Å². The predicted octanol–water partition coefficient (Wildman–Crippen LogP) is 1.48. The molecule has 100 valence electrons. The number of aryl methyl sites for hydroxylation is 2. The van der Waals surface area contributed by atoms with Crippen molar-refractivity contribution in [1.82, 2.24) is 9.97 Å². The first-order valence-corrected chi connectivity index (χ1v) is 7.05. The lowest BCUT2D eigenvalue weighted by Gasteiger charge is -2.11. The molecule has 0 saturated heterocycles. The molecule has 19 heavy (non-hydrogen) atoms. The molecule has 2 aromatic rings. The fraction of sp³-hybridized carbons (Fsp3) is 0.167. The number of hydrogen-bond donors (Lipinski definition) is 2. The normalized spacial score (nSPS) is 11.3. The molecule has 1 aromatic carbocycles. The van der Waals surface area contributed by atoms with Gasteiger partial charge in [0.05, 0.1) is 4.90 Å². The minimum atomic E-state index is -3.74. The van der Waals surface area contributed by atoms with Crippen molar-refractivity contribution in [1.29, 1.82) is 0 Å². The van der Waals surface area contributed by atoms with Gasteiger partial charge in [-0.1, -0.05) is 6.07 Å². The quantitative estimate of drug-likeness (QED) is 0.829. The number of anilines is 2. The first-order valence-electron chi connectivity index (χ1n) is 5.57. The van der Waals surface area contributed by atoms with Crippen LogP contribution in [0.2, 0.25) is 0 Å². The number of hydrogen-bond acceptors (Lipinski definition) is 5. The van der Waals surface area contributed by atoms with E-state index in [0.29, 0.717) is 11.3 Å². The van der Waals surface area contributed by atoms with Gasteiger partial charge in [0.1, 0.15) is 0 Å². The highest BCUT2D eigenvalue weighted by Crippen LogP contribution is 2.23. The van der Waals surface area contributed by atoms with Crippen LogP contribution in [0, 0.1) is 13.8 Å². The van der Waals surface area contributed by atoms with Crippen molar-refractivity contribution in [2.75, 3.05) is 10.5 Å². The van der Waals surface area contributed by atoms with E-state index in [1.54, 1.807) is 19.1 Å². The van der Waals surface area contributed by atoms with E-state index in [0.717, 1.165) is 5.56 Å². The van der Waals surface area contributed by atoms with Crippen molar-refractivity contribution in [2.45, 2.75) is 18.7 Å². The third-order valence-electron chi connectivity index (χ3n) is 2.64. The zero-order valence-electron chi connectivity index (χ0n) is 10.6. The van der Waals surface area contributed by atoms with Crippen LogP contribution in [-0.4, -0.2) is 18.4 Å². The second-order valence-electron chi connectivity index (χ2n) is 4.15. The molecule has 0 atom stereocenters. The third-order valence-corrected chi connectivity index (χ3v) is 4.11. The molecule has 6 nitrogen and oxygen atoms in total. The number of sulfonamides is 1. The molecule has 0 spiro atoms.